The summed E-state index contributed by atoms with van der Waals surface area (Å²) in [7, 11) is 0. The molecule has 0 aliphatic rings. The molecule has 0 bridgehead atoms. The Bertz CT molecular complexity index is 617. The molecule has 0 aliphatic carbocycles. The summed E-state index contributed by atoms with van der Waals surface area (Å²) >= 11 is 0. The minimum atomic E-state index is -5.33. The van der Waals surface area contributed by atoms with E-state index < -0.39 is 24.0 Å². The number of benzene rings is 1. The highest BCUT2D eigenvalue weighted by Crippen LogP contribution is 2.25. The molecule has 21 heavy (non-hydrogen) atoms. The Balaban J connectivity index is 3.46. The largest absolute Gasteiger partial charge is 0.509 e. The first-order valence-electron chi connectivity index (χ1n) is 6.08. The Kier molecular flexibility index (Phi) is 4.58. The van der Waals surface area contributed by atoms with E-state index in [0.29, 0.717) is 0 Å². The molecule has 0 heterocycles. The molecule has 0 aromatic heterocycles. The number of ether oxygens (including phenoxy) is 1. The Morgan fingerprint density at radius 3 is 2.33 bits per heavy atom. The smallest absolute Gasteiger partial charge is 0.456 e. The van der Waals surface area contributed by atoms with Crippen molar-refractivity contribution < 1.29 is 22.5 Å². The molecule has 0 atom stereocenters. The van der Waals surface area contributed by atoms with E-state index in [-0.39, 0.29) is 16.8 Å². The minimum Gasteiger partial charge on any atom is -0.456 e. The van der Waals surface area contributed by atoms with Crippen LogP contribution in [0.1, 0.15) is 36.7 Å². The van der Waals surface area contributed by atoms with Crippen molar-refractivity contribution in [2.45, 2.75) is 33.3 Å². The van der Waals surface area contributed by atoms with Gasteiger partial charge in [-0.25, -0.2) is 4.79 Å². The molecule has 0 fully saturated rings. The number of carbonyl (C=O) groups excluding carboxylic acids is 1. The fourth-order valence-electron chi connectivity index (χ4n) is 1.61. The molecule has 1 aromatic rings. The fraction of sp³-hybridized carbons (Fsp3) is 0.417. The average molecular weight is 300 g/mol. The lowest BCUT2D eigenvalue weighted by Gasteiger charge is -2.22. The Morgan fingerprint density at radius 1 is 1.33 bits per heavy atom. The van der Waals surface area contributed by atoms with Gasteiger partial charge in [0.2, 0.25) is 0 Å². The topological polar surface area (TPSA) is 75.1 Å². The van der Waals surface area contributed by atoms with E-state index in [1.54, 1.807) is 20.8 Å². The normalized spacial score (nSPS) is 11.8. The maximum Gasteiger partial charge on any atom is 0.509 e. The predicted octanol–water partition coefficient (Wildman–Crippen LogP) is 3.95. The lowest BCUT2D eigenvalue weighted by molar-refractivity contribution is 0.00689. The number of hydrogen-bond donors (Lipinski definition) is 0. The molecule has 0 amide bonds. The molecule has 0 aliphatic heterocycles. The summed E-state index contributed by atoms with van der Waals surface area (Å²) in [5.41, 5.74) is 6.21. The lowest BCUT2D eigenvalue weighted by atomic mass is 9.78. The number of esters is 1. The highest BCUT2D eigenvalue weighted by molar-refractivity contribution is 6.73. The summed E-state index contributed by atoms with van der Waals surface area (Å²) in [6, 6.07) is 1.45. The average Bonchev–Trinajstić information content (AvgIpc) is 2.28. The number of halogens is 3. The van der Waals surface area contributed by atoms with Crippen molar-refractivity contribution in [1.29, 1.82) is 0 Å². The first kappa shape index (κ1) is 16.9. The van der Waals surface area contributed by atoms with Crippen LogP contribution in [0.25, 0.3) is 10.4 Å². The second kappa shape index (κ2) is 5.69. The standard InChI is InChI=1S/C12H14BF3N3O2/c1-7-9(11(20)21-12(2,3)4)5-8(13(14,15)16)6-10(7)18-19-17/h5-6H,1-4H3/q-1. The zero-order chi connectivity index (χ0) is 16.4. The highest BCUT2D eigenvalue weighted by Gasteiger charge is 2.29. The van der Waals surface area contributed by atoms with Crippen molar-refractivity contribution in [1.82, 2.24) is 0 Å². The van der Waals surface area contributed by atoms with Crippen LogP contribution >= 0.6 is 0 Å². The van der Waals surface area contributed by atoms with E-state index in [0.717, 1.165) is 12.1 Å². The molecular weight excluding hydrogens is 286 g/mol. The van der Waals surface area contributed by atoms with Crippen molar-refractivity contribution in [3.63, 3.8) is 0 Å². The second-order valence-electron chi connectivity index (χ2n) is 5.48. The van der Waals surface area contributed by atoms with E-state index in [2.05, 4.69) is 10.0 Å². The van der Waals surface area contributed by atoms with Crippen molar-refractivity contribution >= 4 is 24.1 Å². The maximum atomic E-state index is 12.9. The first-order valence-corrected chi connectivity index (χ1v) is 6.08. The van der Waals surface area contributed by atoms with Crippen LogP contribution in [-0.2, 0) is 4.74 Å². The van der Waals surface area contributed by atoms with Gasteiger partial charge in [0.25, 0.3) is 0 Å². The molecule has 0 saturated carbocycles. The molecule has 5 nitrogen and oxygen atoms in total. The molecule has 1 aromatic carbocycles. The molecule has 114 valence electrons. The van der Waals surface area contributed by atoms with Crippen molar-refractivity contribution in [3.05, 3.63) is 33.7 Å². The number of rotatable bonds is 3. The van der Waals surface area contributed by atoms with E-state index in [4.69, 9.17) is 10.3 Å². The number of hydrogen-bond acceptors (Lipinski definition) is 3. The summed E-state index contributed by atoms with van der Waals surface area (Å²) in [5.74, 6) is -0.892. The van der Waals surface area contributed by atoms with Gasteiger partial charge in [0.05, 0.1) is 5.56 Å². The molecule has 0 unspecified atom stereocenters. The zero-order valence-electron chi connectivity index (χ0n) is 12.0. The third kappa shape index (κ3) is 4.42. The van der Waals surface area contributed by atoms with Crippen LogP contribution in [-0.4, -0.2) is 18.5 Å². The van der Waals surface area contributed by atoms with Crippen LogP contribution in [0.2, 0.25) is 0 Å². The summed E-state index contributed by atoms with van der Waals surface area (Å²) < 4.78 is 43.8. The predicted molar refractivity (Wildman–Crippen MR) is 73.9 cm³/mol. The van der Waals surface area contributed by atoms with Gasteiger partial charge in [-0.1, -0.05) is 17.2 Å². The van der Waals surface area contributed by atoms with Crippen LogP contribution < -0.4 is 5.46 Å². The van der Waals surface area contributed by atoms with Gasteiger partial charge < -0.3 is 17.7 Å². The van der Waals surface area contributed by atoms with E-state index in [9.17, 15) is 17.7 Å². The summed E-state index contributed by atoms with van der Waals surface area (Å²) in [6.07, 6.45) is 0. The lowest BCUT2D eigenvalue weighted by Crippen LogP contribution is -2.35. The van der Waals surface area contributed by atoms with E-state index in [1.165, 1.54) is 6.92 Å². The number of nitrogens with zero attached hydrogens (tertiary/aromatic N) is 3. The van der Waals surface area contributed by atoms with Gasteiger partial charge in [-0.15, -0.1) is 5.46 Å². The molecule has 0 radical (unpaired) electrons. The second-order valence-corrected chi connectivity index (χ2v) is 5.48. The number of azide groups is 1. The molecule has 0 N–H and O–H groups in total. The SMILES string of the molecule is Cc1c(N=[N+]=[N-])cc([B-](F)(F)F)cc1C(=O)OC(C)(C)C. The van der Waals surface area contributed by atoms with Crippen molar-refractivity contribution in [3.8, 4) is 0 Å². The summed E-state index contributed by atoms with van der Waals surface area (Å²) in [5, 5.41) is 3.20. The number of carbonyl (C=O) groups is 1. The van der Waals surface area contributed by atoms with Crippen LogP contribution in [0.5, 0.6) is 0 Å². The minimum absolute atomic E-state index is 0.144. The van der Waals surface area contributed by atoms with Gasteiger partial charge in [0, 0.05) is 10.6 Å². The van der Waals surface area contributed by atoms with Gasteiger partial charge in [-0.3, -0.25) is 0 Å². The molecule has 0 saturated heterocycles. The van der Waals surface area contributed by atoms with Gasteiger partial charge in [0.15, 0.2) is 0 Å². The molecule has 0 spiro atoms. The molecule has 1 rings (SSSR count). The first-order chi connectivity index (χ1) is 9.45. The van der Waals surface area contributed by atoms with Gasteiger partial charge >= 0.3 is 12.9 Å². The van der Waals surface area contributed by atoms with Crippen molar-refractivity contribution in [2.75, 3.05) is 0 Å². The third-order valence-corrected chi connectivity index (χ3v) is 2.55. The fourth-order valence-corrected chi connectivity index (χ4v) is 1.61. The Labute approximate surface area is 119 Å². The molecular formula is C12H14BF3N3O2-. The Hall–Kier alpha value is -2.15. The van der Waals surface area contributed by atoms with Crippen LogP contribution in [0, 0.1) is 6.92 Å². The monoisotopic (exact) mass is 300 g/mol. The van der Waals surface area contributed by atoms with E-state index in [1.807, 2.05) is 0 Å². The highest BCUT2D eigenvalue weighted by atomic mass is 19.4. The van der Waals surface area contributed by atoms with Crippen LogP contribution in [0.4, 0.5) is 18.6 Å². The quantitative estimate of drug-likeness (QED) is 0.279. The third-order valence-electron chi connectivity index (χ3n) is 2.55. The maximum absolute atomic E-state index is 12.9. The summed E-state index contributed by atoms with van der Waals surface area (Å²) in [6.45, 7) is 0.880. The summed E-state index contributed by atoms with van der Waals surface area (Å²) in [4.78, 5) is 14.5. The van der Waals surface area contributed by atoms with Gasteiger partial charge in [0.1, 0.15) is 5.60 Å². The van der Waals surface area contributed by atoms with Crippen LogP contribution in [0.3, 0.4) is 0 Å². The van der Waals surface area contributed by atoms with E-state index >= 15 is 0 Å². The van der Waals surface area contributed by atoms with Crippen LogP contribution in [0.15, 0.2) is 17.2 Å². The van der Waals surface area contributed by atoms with Gasteiger partial charge in [-0.05, 0) is 38.8 Å². The van der Waals surface area contributed by atoms with Crippen molar-refractivity contribution in [2.24, 2.45) is 5.11 Å². The molecule has 9 heteroatoms. The Morgan fingerprint density at radius 2 is 1.90 bits per heavy atom. The van der Waals surface area contributed by atoms with Gasteiger partial charge in [-0.2, -0.15) is 0 Å². The zero-order valence-corrected chi connectivity index (χ0v) is 12.0.